The van der Waals surface area contributed by atoms with E-state index in [1.165, 1.54) is 16.0 Å². The van der Waals surface area contributed by atoms with Crippen LogP contribution in [-0.2, 0) is 19.5 Å². The molecule has 0 aliphatic heterocycles. The first-order valence-corrected chi connectivity index (χ1v) is 8.54. The smallest absolute Gasteiger partial charge is 0.0234 e. The lowest BCUT2D eigenvalue weighted by Gasteiger charge is -2.19. The molecule has 1 N–H and O–H groups in total. The lowest BCUT2D eigenvalue weighted by Crippen LogP contribution is -2.25. The first kappa shape index (κ1) is 16.2. The minimum absolute atomic E-state index is 0.523. The lowest BCUT2D eigenvalue weighted by atomic mass is 10.1. The van der Waals surface area contributed by atoms with Crippen LogP contribution in [0, 0.1) is 0 Å². The average Bonchev–Trinajstić information content (AvgIpc) is 2.97. The topological polar surface area (TPSA) is 15.3 Å². The molecule has 21 heavy (non-hydrogen) atoms. The highest BCUT2D eigenvalue weighted by atomic mass is 32.1. The fourth-order valence-corrected chi connectivity index (χ4v) is 3.02. The van der Waals surface area contributed by atoms with Gasteiger partial charge in [0.25, 0.3) is 0 Å². The third-order valence-corrected chi connectivity index (χ3v) is 4.52. The lowest BCUT2D eigenvalue weighted by molar-refractivity contribution is 0.330. The molecule has 0 atom stereocenters. The molecule has 0 bridgehead atoms. The van der Waals surface area contributed by atoms with E-state index in [0.717, 1.165) is 26.1 Å². The zero-order chi connectivity index (χ0) is 15.1. The molecule has 0 aliphatic rings. The molecule has 114 valence electrons. The Bertz CT molecular complexity index is 520. The summed E-state index contributed by atoms with van der Waals surface area (Å²) in [7, 11) is 2.21. The first-order valence-electron chi connectivity index (χ1n) is 7.66. The monoisotopic (exact) mass is 302 g/mol. The fraction of sp³-hybridized carbons (Fsp3) is 0.444. The van der Waals surface area contributed by atoms with Crippen LogP contribution >= 0.6 is 11.3 Å². The minimum atomic E-state index is 0.523. The van der Waals surface area contributed by atoms with Gasteiger partial charge in [-0.1, -0.05) is 44.2 Å². The van der Waals surface area contributed by atoms with E-state index in [9.17, 15) is 0 Å². The molecule has 3 heteroatoms. The van der Waals surface area contributed by atoms with Crippen molar-refractivity contribution in [1.29, 1.82) is 0 Å². The summed E-state index contributed by atoms with van der Waals surface area (Å²) in [5.41, 5.74) is 2.84. The number of rotatable bonds is 8. The van der Waals surface area contributed by atoms with Gasteiger partial charge in [-0.2, -0.15) is 0 Å². The highest BCUT2D eigenvalue weighted by molar-refractivity contribution is 7.09. The summed E-state index contributed by atoms with van der Waals surface area (Å²) in [5, 5.41) is 5.67. The summed E-state index contributed by atoms with van der Waals surface area (Å²) in [4.78, 5) is 3.88. The van der Waals surface area contributed by atoms with Crippen molar-refractivity contribution >= 4 is 11.3 Å². The molecule has 0 unspecified atom stereocenters. The van der Waals surface area contributed by atoms with Crippen LogP contribution in [0.2, 0.25) is 0 Å². The van der Waals surface area contributed by atoms with Crippen molar-refractivity contribution < 1.29 is 0 Å². The van der Waals surface area contributed by atoms with Gasteiger partial charge in [-0.15, -0.1) is 11.3 Å². The standard InChI is InChI=1S/C18H26N2S/c1-15(2)19-13-16-7-4-5-8-17(16)14-20(3)11-10-18-9-6-12-21-18/h4-9,12,15,19H,10-11,13-14H2,1-3H3. The third kappa shape index (κ3) is 5.62. The van der Waals surface area contributed by atoms with Gasteiger partial charge >= 0.3 is 0 Å². The van der Waals surface area contributed by atoms with Crippen molar-refractivity contribution in [2.45, 2.75) is 39.4 Å². The van der Waals surface area contributed by atoms with Crippen molar-refractivity contribution in [3.63, 3.8) is 0 Å². The number of hydrogen-bond donors (Lipinski definition) is 1. The van der Waals surface area contributed by atoms with Crippen LogP contribution in [0.4, 0.5) is 0 Å². The maximum Gasteiger partial charge on any atom is 0.0234 e. The zero-order valence-electron chi connectivity index (χ0n) is 13.3. The Morgan fingerprint density at radius 2 is 1.86 bits per heavy atom. The first-order chi connectivity index (χ1) is 10.1. The van der Waals surface area contributed by atoms with Crippen molar-refractivity contribution in [2.75, 3.05) is 13.6 Å². The quantitative estimate of drug-likeness (QED) is 0.795. The van der Waals surface area contributed by atoms with E-state index in [0.29, 0.717) is 6.04 Å². The predicted molar refractivity (Wildman–Crippen MR) is 92.8 cm³/mol. The van der Waals surface area contributed by atoms with E-state index >= 15 is 0 Å². The number of benzene rings is 1. The Morgan fingerprint density at radius 3 is 2.52 bits per heavy atom. The van der Waals surface area contributed by atoms with Gasteiger partial charge in [0.2, 0.25) is 0 Å². The van der Waals surface area contributed by atoms with E-state index in [1.54, 1.807) is 0 Å². The van der Waals surface area contributed by atoms with Crippen LogP contribution < -0.4 is 5.32 Å². The Hall–Kier alpha value is -1.16. The summed E-state index contributed by atoms with van der Waals surface area (Å²) in [5.74, 6) is 0. The second-order valence-corrected chi connectivity index (χ2v) is 6.90. The molecule has 2 nitrogen and oxygen atoms in total. The summed E-state index contributed by atoms with van der Waals surface area (Å²) in [6.45, 7) is 7.45. The molecule has 0 fully saturated rings. The molecule has 0 saturated carbocycles. The van der Waals surface area contributed by atoms with E-state index in [-0.39, 0.29) is 0 Å². The van der Waals surface area contributed by atoms with Gasteiger partial charge in [-0.3, -0.25) is 0 Å². The van der Waals surface area contributed by atoms with Gasteiger partial charge in [0.15, 0.2) is 0 Å². The van der Waals surface area contributed by atoms with Crippen LogP contribution in [0.1, 0.15) is 29.9 Å². The normalized spacial score (nSPS) is 11.5. The number of nitrogens with one attached hydrogen (secondary N) is 1. The Labute approximate surface area is 132 Å². The Kier molecular flexibility index (Phi) is 6.43. The molecule has 1 heterocycles. The van der Waals surface area contributed by atoms with Crippen molar-refractivity contribution in [2.24, 2.45) is 0 Å². The molecule has 0 spiro atoms. The maximum atomic E-state index is 3.51. The molecular weight excluding hydrogens is 276 g/mol. The van der Waals surface area contributed by atoms with Gasteiger partial charge in [-0.05, 0) is 36.0 Å². The molecule has 0 radical (unpaired) electrons. The molecule has 2 rings (SSSR count). The molecule has 0 saturated heterocycles. The number of hydrogen-bond acceptors (Lipinski definition) is 3. The fourth-order valence-electron chi connectivity index (χ4n) is 2.32. The highest BCUT2D eigenvalue weighted by Gasteiger charge is 2.06. The largest absolute Gasteiger partial charge is 0.310 e. The number of nitrogens with zero attached hydrogens (tertiary/aromatic N) is 1. The van der Waals surface area contributed by atoms with E-state index in [4.69, 9.17) is 0 Å². The van der Waals surface area contributed by atoms with Crippen molar-refractivity contribution in [3.05, 3.63) is 57.8 Å². The van der Waals surface area contributed by atoms with Gasteiger partial charge in [0.1, 0.15) is 0 Å². The molecule has 0 amide bonds. The van der Waals surface area contributed by atoms with E-state index in [1.807, 2.05) is 11.3 Å². The van der Waals surface area contributed by atoms with E-state index < -0.39 is 0 Å². The second kappa shape index (κ2) is 8.32. The van der Waals surface area contributed by atoms with Gasteiger partial charge in [0.05, 0.1) is 0 Å². The number of thiophene rings is 1. The highest BCUT2D eigenvalue weighted by Crippen LogP contribution is 2.13. The minimum Gasteiger partial charge on any atom is -0.310 e. The zero-order valence-corrected chi connectivity index (χ0v) is 14.1. The predicted octanol–water partition coefficient (Wildman–Crippen LogP) is 3.92. The molecule has 2 aromatic rings. The SMILES string of the molecule is CC(C)NCc1ccccc1CN(C)CCc1cccs1. The van der Waals surface area contributed by atoms with Crippen LogP contribution in [-0.4, -0.2) is 24.5 Å². The van der Waals surface area contributed by atoms with Gasteiger partial charge in [0, 0.05) is 30.6 Å². The molecule has 0 aliphatic carbocycles. The summed E-state index contributed by atoms with van der Waals surface area (Å²) in [6.07, 6.45) is 1.14. The van der Waals surface area contributed by atoms with Crippen LogP contribution in [0.25, 0.3) is 0 Å². The van der Waals surface area contributed by atoms with Crippen LogP contribution in [0.15, 0.2) is 41.8 Å². The van der Waals surface area contributed by atoms with E-state index in [2.05, 4.69) is 72.9 Å². The van der Waals surface area contributed by atoms with Crippen molar-refractivity contribution in [1.82, 2.24) is 10.2 Å². The van der Waals surface area contributed by atoms with Gasteiger partial charge in [-0.25, -0.2) is 0 Å². The third-order valence-electron chi connectivity index (χ3n) is 3.58. The summed E-state index contributed by atoms with van der Waals surface area (Å²) < 4.78 is 0. The Morgan fingerprint density at radius 1 is 1.10 bits per heavy atom. The van der Waals surface area contributed by atoms with Crippen LogP contribution in [0.3, 0.4) is 0 Å². The molecule has 1 aromatic carbocycles. The number of likely N-dealkylation sites (N-methyl/N-ethyl adjacent to an activating group) is 1. The summed E-state index contributed by atoms with van der Waals surface area (Å²) >= 11 is 1.85. The maximum absolute atomic E-state index is 3.51. The summed E-state index contributed by atoms with van der Waals surface area (Å²) in [6, 6.07) is 13.6. The van der Waals surface area contributed by atoms with Crippen molar-refractivity contribution in [3.8, 4) is 0 Å². The van der Waals surface area contributed by atoms with Gasteiger partial charge < -0.3 is 10.2 Å². The average molecular weight is 302 g/mol. The second-order valence-electron chi connectivity index (χ2n) is 5.87. The Balaban J connectivity index is 1.88. The van der Waals surface area contributed by atoms with Crippen LogP contribution in [0.5, 0.6) is 0 Å². The molecule has 1 aromatic heterocycles. The molecular formula is C18H26N2S.